The maximum atomic E-state index is 5.40. The predicted molar refractivity (Wildman–Crippen MR) is 83.4 cm³/mol. The predicted octanol–water partition coefficient (Wildman–Crippen LogP) is 4.44. The molecule has 0 aliphatic carbocycles. The van der Waals surface area contributed by atoms with Gasteiger partial charge in [-0.05, 0) is 36.8 Å². The Hall–Kier alpha value is -1.65. The molecule has 3 aromatic rings. The highest BCUT2D eigenvalue weighted by atomic mass is 79.9. The fourth-order valence-corrected chi connectivity index (χ4v) is 2.69. The minimum atomic E-state index is 0.174. The maximum absolute atomic E-state index is 5.40. The number of fused-ring (bicyclic) bond motifs is 1. The van der Waals surface area contributed by atoms with Crippen LogP contribution in [0.15, 0.2) is 57.7 Å². The van der Waals surface area contributed by atoms with Crippen LogP contribution in [0.25, 0.3) is 10.9 Å². The zero-order valence-corrected chi connectivity index (χ0v) is 12.7. The first-order chi connectivity index (χ1) is 9.75. The fraction of sp³-hybridized carbons (Fsp3) is 0.188. The molecular weight excluding hydrogens is 316 g/mol. The van der Waals surface area contributed by atoms with Gasteiger partial charge in [0.15, 0.2) is 0 Å². The molecule has 0 saturated heterocycles. The van der Waals surface area contributed by atoms with E-state index in [0.29, 0.717) is 0 Å². The van der Waals surface area contributed by atoms with Gasteiger partial charge >= 0.3 is 0 Å². The van der Waals surface area contributed by atoms with Crippen LogP contribution in [0.4, 0.5) is 0 Å². The van der Waals surface area contributed by atoms with E-state index < -0.39 is 0 Å². The van der Waals surface area contributed by atoms with Gasteiger partial charge in [-0.2, -0.15) is 0 Å². The molecule has 1 atom stereocenters. The second-order valence-corrected chi connectivity index (χ2v) is 5.58. The maximum Gasteiger partial charge on any atom is 0.120 e. The van der Waals surface area contributed by atoms with Gasteiger partial charge in [-0.3, -0.25) is 4.98 Å². The van der Waals surface area contributed by atoms with Crippen molar-refractivity contribution >= 4 is 26.8 Å². The summed E-state index contributed by atoms with van der Waals surface area (Å²) in [6.07, 6.45) is 3.53. The van der Waals surface area contributed by atoms with E-state index in [4.69, 9.17) is 4.42 Å². The number of benzene rings is 1. The quantitative estimate of drug-likeness (QED) is 0.768. The number of hydrogen-bond donors (Lipinski definition) is 1. The van der Waals surface area contributed by atoms with Crippen molar-refractivity contribution in [3.05, 3.63) is 64.7 Å². The van der Waals surface area contributed by atoms with Gasteiger partial charge in [0.25, 0.3) is 0 Å². The molecule has 3 rings (SSSR count). The van der Waals surface area contributed by atoms with Crippen LogP contribution in [-0.4, -0.2) is 4.98 Å². The molecule has 0 aliphatic heterocycles. The molecule has 0 spiro atoms. The Balaban J connectivity index is 1.83. The highest BCUT2D eigenvalue weighted by molar-refractivity contribution is 9.10. The molecule has 0 bridgehead atoms. The third-order valence-electron chi connectivity index (χ3n) is 3.37. The van der Waals surface area contributed by atoms with Crippen LogP contribution in [0.1, 0.15) is 24.3 Å². The van der Waals surface area contributed by atoms with Crippen LogP contribution < -0.4 is 5.32 Å². The van der Waals surface area contributed by atoms with E-state index in [0.717, 1.165) is 27.7 Å². The van der Waals surface area contributed by atoms with Gasteiger partial charge in [0, 0.05) is 22.6 Å². The Labute approximate surface area is 126 Å². The first-order valence-electron chi connectivity index (χ1n) is 6.54. The minimum absolute atomic E-state index is 0.174. The average molecular weight is 331 g/mol. The smallest absolute Gasteiger partial charge is 0.120 e. The van der Waals surface area contributed by atoms with Gasteiger partial charge in [-0.15, -0.1) is 0 Å². The number of pyridine rings is 1. The summed E-state index contributed by atoms with van der Waals surface area (Å²) in [5.74, 6) is 0.944. The highest BCUT2D eigenvalue weighted by Crippen LogP contribution is 2.25. The molecular formula is C16H15BrN2O. The number of rotatable bonds is 4. The molecule has 3 nitrogen and oxygen atoms in total. The first-order valence-corrected chi connectivity index (χ1v) is 7.34. The summed E-state index contributed by atoms with van der Waals surface area (Å²) in [6, 6.07) is 12.3. The minimum Gasteiger partial charge on any atom is -0.468 e. The van der Waals surface area contributed by atoms with E-state index in [1.54, 1.807) is 6.26 Å². The fourth-order valence-electron chi connectivity index (χ4n) is 2.24. The summed E-state index contributed by atoms with van der Waals surface area (Å²) in [4.78, 5) is 4.49. The zero-order chi connectivity index (χ0) is 13.9. The molecule has 0 amide bonds. The summed E-state index contributed by atoms with van der Waals surface area (Å²) in [7, 11) is 0. The van der Waals surface area contributed by atoms with Crippen molar-refractivity contribution in [2.75, 3.05) is 0 Å². The van der Waals surface area contributed by atoms with Crippen molar-refractivity contribution in [2.45, 2.75) is 19.5 Å². The molecule has 20 heavy (non-hydrogen) atoms. The van der Waals surface area contributed by atoms with Gasteiger partial charge in [-0.25, -0.2) is 0 Å². The van der Waals surface area contributed by atoms with Crippen molar-refractivity contribution in [3.63, 3.8) is 0 Å². The first kappa shape index (κ1) is 13.3. The van der Waals surface area contributed by atoms with Gasteiger partial charge in [-0.1, -0.05) is 28.1 Å². The number of hydrogen-bond acceptors (Lipinski definition) is 3. The van der Waals surface area contributed by atoms with Crippen LogP contribution in [-0.2, 0) is 6.54 Å². The normalized spacial score (nSPS) is 12.7. The summed E-state index contributed by atoms with van der Waals surface area (Å²) < 4.78 is 6.48. The largest absolute Gasteiger partial charge is 0.468 e. The second kappa shape index (κ2) is 5.77. The summed E-state index contributed by atoms with van der Waals surface area (Å²) in [6.45, 7) is 2.84. The van der Waals surface area contributed by atoms with Crippen LogP contribution in [0.3, 0.4) is 0 Å². The van der Waals surface area contributed by atoms with E-state index in [1.807, 2.05) is 24.4 Å². The molecule has 0 radical (unpaired) electrons. The van der Waals surface area contributed by atoms with E-state index in [-0.39, 0.29) is 6.04 Å². The van der Waals surface area contributed by atoms with Gasteiger partial charge in [0.1, 0.15) is 5.76 Å². The topological polar surface area (TPSA) is 38.1 Å². The van der Waals surface area contributed by atoms with Crippen molar-refractivity contribution in [1.29, 1.82) is 0 Å². The molecule has 1 aromatic carbocycles. The second-order valence-electron chi connectivity index (χ2n) is 4.72. The van der Waals surface area contributed by atoms with Gasteiger partial charge < -0.3 is 9.73 Å². The molecule has 102 valence electrons. The van der Waals surface area contributed by atoms with Gasteiger partial charge in [0.05, 0.1) is 17.8 Å². The standard InChI is InChI=1S/C16H15BrN2O/c1-11(15-5-3-9-20-15)19-10-12-6-7-14(17)13-4-2-8-18-16(12)13/h2-9,11,19H,10H2,1H3/t11-/m0/s1. The lowest BCUT2D eigenvalue weighted by atomic mass is 10.1. The Morgan fingerprint density at radius 2 is 2.15 bits per heavy atom. The average Bonchev–Trinajstić information content (AvgIpc) is 3.01. The van der Waals surface area contributed by atoms with Crippen molar-refractivity contribution in [1.82, 2.24) is 10.3 Å². The molecule has 0 saturated carbocycles. The number of halogens is 1. The van der Waals surface area contributed by atoms with E-state index in [9.17, 15) is 0 Å². The van der Waals surface area contributed by atoms with Crippen molar-refractivity contribution in [2.24, 2.45) is 0 Å². The van der Waals surface area contributed by atoms with E-state index >= 15 is 0 Å². The number of aromatic nitrogens is 1. The Kier molecular flexibility index (Phi) is 3.85. The van der Waals surface area contributed by atoms with Crippen LogP contribution in [0.5, 0.6) is 0 Å². The number of nitrogens with zero attached hydrogens (tertiary/aromatic N) is 1. The molecule has 0 fully saturated rings. The molecule has 4 heteroatoms. The molecule has 0 unspecified atom stereocenters. The van der Waals surface area contributed by atoms with E-state index in [1.165, 1.54) is 5.56 Å². The molecule has 0 aliphatic rings. The lowest BCUT2D eigenvalue weighted by Gasteiger charge is -2.13. The van der Waals surface area contributed by atoms with Crippen molar-refractivity contribution in [3.8, 4) is 0 Å². The third-order valence-corrected chi connectivity index (χ3v) is 4.06. The van der Waals surface area contributed by atoms with Crippen LogP contribution in [0, 0.1) is 0 Å². The lowest BCUT2D eigenvalue weighted by Crippen LogP contribution is -2.17. The SMILES string of the molecule is C[C@H](NCc1ccc(Br)c2cccnc12)c1ccco1. The Morgan fingerprint density at radius 1 is 1.25 bits per heavy atom. The van der Waals surface area contributed by atoms with Crippen molar-refractivity contribution < 1.29 is 4.42 Å². The van der Waals surface area contributed by atoms with Gasteiger partial charge in [0.2, 0.25) is 0 Å². The van der Waals surface area contributed by atoms with Crippen LogP contribution >= 0.6 is 15.9 Å². The third kappa shape index (κ3) is 2.62. The number of nitrogens with one attached hydrogen (secondary N) is 1. The number of furan rings is 1. The summed E-state index contributed by atoms with van der Waals surface area (Å²) in [5.41, 5.74) is 2.21. The zero-order valence-electron chi connectivity index (χ0n) is 11.1. The van der Waals surface area contributed by atoms with E-state index in [2.05, 4.69) is 51.4 Å². The molecule has 2 aromatic heterocycles. The molecule has 2 heterocycles. The Bertz CT molecular complexity index is 710. The Morgan fingerprint density at radius 3 is 2.95 bits per heavy atom. The van der Waals surface area contributed by atoms with Crippen LogP contribution in [0.2, 0.25) is 0 Å². The lowest BCUT2D eigenvalue weighted by molar-refractivity contribution is 0.430. The monoisotopic (exact) mass is 330 g/mol. The highest BCUT2D eigenvalue weighted by Gasteiger charge is 2.10. The summed E-state index contributed by atoms with van der Waals surface area (Å²) in [5, 5.41) is 4.60. The summed E-state index contributed by atoms with van der Waals surface area (Å²) >= 11 is 3.57. The molecule has 1 N–H and O–H groups in total.